The third-order valence-corrected chi connectivity index (χ3v) is 2.92. The summed E-state index contributed by atoms with van der Waals surface area (Å²) in [6.45, 7) is 2.03. The highest BCUT2D eigenvalue weighted by molar-refractivity contribution is 9.10. The van der Waals surface area contributed by atoms with E-state index in [9.17, 15) is 0 Å². The van der Waals surface area contributed by atoms with Crippen molar-refractivity contribution < 1.29 is 0 Å². The molecule has 0 saturated heterocycles. The van der Waals surface area contributed by atoms with Gasteiger partial charge in [0, 0.05) is 10.5 Å². The van der Waals surface area contributed by atoms with Gasteiger partial charge in [-0.05, 0) is 42.2 Å². The third-order valence-electron chi connectivity index (χ3n) is 2.43. The van der Waals surface area contributed by atoms with Gasteiger partial charge in [-0.2, -0.15) is 0 Å². The van der Waals surface area contributed by atoms with Crippen LogP contribution in [0.2, 0.25) is 0 Å². The maximum absolute atomic E-state index is 5.84. The van der Waals surface area contributed by atoms with E-state index >= 15 is 0 Å². The van der Waals surface area contributed by atoms with Crippen molar-refractivity contribution in [3.8, 4) is 0 Å². The Labute approximate surface area is 86.8 Å². The van der Waals surface area contributed by atoms with Crippen LogP contribution in [-0.2, 0) is 6.42 Å². The van der Waals surface area contributed by atoms with Crippen molar-refractivity contribution in [2.75, 3.05) is 0 Å². The van der Waals surface area contributed by atoms with Crippen molar-refractivity contribution in [1.29, 1.82) is 0 Å². The average molecular weight is 238 g/mol. The molecule has 2 heteroatoms. The van der Waals surface area contributed by atoms with E-state index in [1.54, 1.807) is 0 Å². The zero-order valence-corrected chi connectivity index (χ0v) is 9.14. The standard InChI is InChI=1S/C11H12BrN/c1-7(13)9-4-8-2-3-11(12)6-10(8)5-9/h2-4,6-7H,5,13H2,1H3. The molecule has 0 radical (unpaired) electrons. The van der Waals surface area contributed by atoms with Gasteiger partial charge in [0.15, 0.2) is 0 Å². The van der Waals surface area contributed by atoms with Crippen LogP contribution in [0.1, 0.15) is 18.1 Å². The molecule has 13 heavy (non-hydrogen) atoms. The lowest BCUT2D eigenvalue weighted by molar-refractivity contribution is 0.841. The second-order valence-electron chi connectivity index (χ2n) is 3.53. The second kappa shape index (κ2) is 3.28. The first-order valence-corrected chi connectivity index (χ1v) is 5.20. The summed E-state index contributed by atoms with van der Waals surface area (Å²) in [5.41, 5.74) is 9.85. The first-order valence-electron chi connectivity index (χ1n) is 4.41. The molecule has 1 aromatic rings. The van der Waals surface area contributed by atoms with Gasteiger partial charge in [0.1, 0.15) is 0 Å². The summed E-state index contributed by atoms with van der Waals surface area (Å²) in [6.07, 6.45) is 3.21. The Bertz CT molecular complexity index is 366. The Morgan fingerprint density at radius 1 is 1.46 bits per heavy atom. The van der Waals surface area contributed by atoms with Crippen LogP contribution in [0.15, 0.2) is 28.2 Å². The highest BCUT2D eigenvalue weighted by Gasteiger charge is 2.14. The highest BCUT2D eigenvalue weighted by atomic mass is 79.9. The van der Waals surface area contributed by atoms with Crippen LogP contribution in [0.5, 0.6) is 0 Å². The normalized spacial score (nSPS) is 16.7. The molecule has 1 aromatic carbocycles. The molecule has 2 N–H and O–H groups in total. The van der Waals surface area contributed by atoms with Gasteiger partial charge >= 0.3 is 0 Å². The fourth-order valence-electron chi connectivity index (χ4n) is 1.63. The SMILES string of the molecule is CC(N)C1=Cc2ccc(Br)cc2C1. The van der Waals surface area contributed by atoms with Crippen molar-refractivity contribution in [2.45, 2.75) is 19.4 Å². The van der Waals surface area contributed by atoms with E-state index < -0.39 is 0 Å². The number of rotatable bonds is 1. The van der Waals surface area contributed by atoms with Gasteiger partial charge in [0.25, 0.3) is 0 Å². The molecule has 1 aliphatic carbocycles. The molecular weight excluding hydrogens is 226 g/mol. The summed E-state index contributed by atoms with van der Waals surface area (Å²) in [4.78, 5) is 0. The molecule has 0 aromatic heterocycles. The van der Waals surface area contributed by atoms with Crippen LogP contribution >= 0.6 is 15.9 Å². The predicted octanol–water partition coefficient (Wildman–Crippen LogP) is 2.74. The first-order chi connectivity index (χ1) is 6.16. The smallest absolute Gasteiger partial charge is 0.0231 e. The van der Waals surface area contributed by atoms with Crippen LogP contribution in [0, 0.1) is 0 Å². The monoisotopic (exact) mass is 237 g/mol. The number of benzene rings is 1. The molecule has 1 aliphatic rings. The molecule has 0 heterocycles. The zero-order chi connectivity index (χ0) is 9.42. The Balaban J connectivity index is 2.36. The van der Waals surface area contributed by atoms with E-state index in [1.807, 2.05) is 6.92 Å². The van der Waals surface area contributed by atoms with Crippen LogP contribution in [-0.4, -0.2) is 6.04 Å². The van der Waals surface area contributed by atoms with Crippen LogP contribution in [0.25, 0.3) is 6.08 Å². The fraction of sp³-hybridized carbons (Fsp3) is 0.273. The maximum atomic E-state index is 5.84. The molecular formula is C11H12BrN. The van der Waals surface area contributed by atoms with Crippen molar-refractivity contribution in [3.63, 3.8) is 0 Å². The van der Waals surface area contributed by atoms with Gasteiger partial charge in [-0.1, -0.05) is 28.1 Å². The Kier molecular flexibility index (Phi) is 2.26. The van der Waals surface area contributed by atoms with Crippen LogP contribution < -0.4 is 5.73 Å². The summed E-state index contributed by atoms with van der Waals surface area (Å²) >= 11 is 3.47. The minimum absolute atomic E-state index is 0.172. The minimum Gasteiger partial charge on any atom is -0.324 e. The molecule has 0 saturated carbocycles. The fourth-order valence-corrected chi connectivity index (χ4v) is 2.04. The van der Waals surface area contributed by atoms with E-state index in [1.165, 1.54) is 16.7 Å². The summed E-state index contributed by atoms with van der Waals surface area (Å²) < 4.78 is 1.14. The summed E-state index contributed by atoms with van der Waals surface area (Å²) in [5.74, 6) is 0. The maximum Gasteiger partial charge on any atom is 0.0231 e. The Morgan fingerprint density at radius 3 is 2.92 bits per heavy atom. The molecule has 1 nitrogen and oxygen atoms in total. The van der Waals surface area contributed by atoms with Crippen molar-refractivity contribution in [2.24, 2.45) is 5.73 Å². The third kappa shape index (κ3) is 1.69. The summed E-state index contributed by atoms with van der Waals surface area (Å²) in [5, 5.41) is 0. The van der Waals surface area contributed by atoms with Gasteiger partial charge in [-0.3, -0.25) is 0 Å². The highest BCUT2D eigenvalue weighted by Crippen LogP contribution is 2.28. The van der Waals surface area contributed by atoms with Crippen molar-refractivity contribution in [3.05, 3.63) is 39.4 Å². The molecule has 2 rings (SSSR count). The molecule has 1 unspecified atom stereocenters. The molecule has 1 atom stereocenters. The number of halogens is 1. The average Bonchev–Trinajstić information content (AvgIpc) is 2.46. The van der Waals surface area contributed by atoms with Gasteiger partial charge in [-0.15, -0.1) is 0 Å². The van der Waals surface area contributed by atoms with Crippen molar-refractivity contribution >= 4 is 22.0 Å². The number of hydrogen-bond acceptors (Lipinski definition) is 1. The molecule has 0 aliphatic heterocycles. The lowest BCUT2D eigenvalue weighted by Gasteiger charge is -2.04. The lowest BCUT2D eigenvalue weighted by Crippen LogP contribution is -2.17. The van der Waals surface area contributed by atoms with Crippen LogP contribution in [0.3, 0.4) is 0 Å². The zero-order valence-electron chi connectivity index (χ0n) is 7.55. The largest absolute Gasteiger partial charge is 0.324 e. The molecule has 0 spiro atoms. The topological polar surface area (TPSA) is 26.0 Å². The van der Waals surface area contributed by atoms with Gasteiger partial charge in [0.05, 0.1) is 0 Å². The number of fused-ring (bicyclic) bond motifs is 1. The van der Waals surface area contributed by atoms with E-state index in [0.717, 1.165) is 10.9 Å². The number of hydrogen-bond donors (Lipinski definition) is 1. The summed E-state index contributed by atoms with van der Waals surface area (Å²) in [7, 11) is 0. The minimum atomic E-state index is 0.172. The molecule has 0 amide bonds. The van der Waals surface area contributed by atoms with Gasteiger partial charge in [-0.25, -0.2) is 0 Å². The Hall–Kier alpha value is -0.600. The first kappa shape index (κ1) is 8.97. The second-order valence-corrected chi connectivity index (χ2v) is 4.44. The predicted molar refractivity (Wildman–Crippen MR) is 59.5 cm³/mol. The van der Waals surface area contributed by atoms with E-state index in [0.29, 0.717) is 0 Å². The number of nitrogens with two attached hydrogens (primary N) is 1. The molecule has 0 fully saturated rings. The lowest BCUT2D eigenvalue weighted by atomic mass is 10.1. The van der Waals surface area contributed by atoms with Gasteiger partial charge < -0.3 is 5.73 Å². The van der Waals surface area contributed by atoms with Gasteiger partial charge in [0.2, 0.25) is 0 Å². The van der Waals surface area contributed by atoms with E-state index in [4.69, 9.17) is 5.73 Å². The summed E-state index contributed by atoms with van der Waals surface area (Å²) in [6, 6.07) is 6.54. The van der Waals surface area contributed by atoms with E-state index in [-0.39, 0.29) is 6.04 Å². The van der Waals surface area contributed by atoms with E-state index in [2.05, 4.69) is 40.2 Å². The van der Waals surface area contributed by atoms with Crippen LogP contribution in [0.4, 0.5) is 0 Å². The molecule has 68 valence electrons. The quantitative estimate of drug-likeness (QED) is 0.799. The van der Waals surface area contributed by atoms with Crippen molar-refractivity contribution in [1.82, 2.24) is 0 Å². The molecule has 0 bridgehead atoms. The Morgan fingerprint density at radius 2 is 2.23 bits per heavy atom.